The topological polar surface area (TPSA) is 67.6 Å². The van der Waals surface area contributed by atoms with Gasteiger partial charge in [0, 0.05) is 12.1 Å². The molecule has 0 aliphatic carbocycles. The van der Waals surface area contributed by atoms with Gasteiger partial charge in [0.25, 0.3) is 5.91 Å². The highest BCUT2D eigenvalue weighted by molar-refractivity contribution is 5.94. The van der Waals surface area contributed by atoms with Gasteiger partial charge in [-0.05, 0) is 47.4 Å². The molecule has 1 fully saturated rings. The summed E-state index contributed by atoms with van der Waals surface area (Å²) in [6.07, 6.45) is 0.978. The van der Waals surface area contributed by atoms with Crippen LogP contribution in [-0.2, 0) is 17.7 Å². The van der Waals surface area contributed by atoms with Gasteiger partial charge in [-0.15, -0.1) is 0 Å². The minimum atomic E-state index is -0.0768. The maximum absolute atomic E-state index is 12.7. The van der Waals surface area contributed by atoms with Crippen LogP contribution in [0.2, 0.25) is 0 Å². The number of hydrogen-bond acceptors (Lipinski definition) is 3. The van der Waals surface area contributed by atoms with Crippen LogP contribution in [0, 0.1) is 0 Å². The second kappa shape index (κ2) is 7.51. The van der Waals surface area contributed by atoms with Crippen LogP contribution in [-0.4, -0.2) is 24.2 Å². The Bertz CT molecular complexity index is 952. The van der Waals surface area contributed by atoms with E-state index in [1.807, 2.05) is 43.3 Å². The van der Waals surface area contributed by atoms with Crippen molar-refractivity contribution in [3.05, 3.63) is 83.4 Å². The number of carbonyl (C=O) groups excluding carboxylic acids is 1. The van der Waals surface area contributed by atoms with E-state index in [1.54, 1.807) is 0 Å². The zero-order valence-corrected chi connectivity index (χ0v) is 15.4. The normalized spacial score (nSPS) is 19.6. The van der Waals surface area contributed by atoms with Gasteiger partial charge in [-0.1, -0.05) is 54.6 Å². The van der Waals surface area contributed by atoms with Crippen LogP contribution in [0.1, 0.15) is 28.4 Å². The molecule has 138 valence electrons. The third-order valence-electron chi connectivity index (χ3n) is 5.19. The Morgan fingerprint density at radius 2 is 1.70 bits per heavy atom. The summed E-state index contributed by atoms with van der Waals surface area (Å²) in [7, 11) is 0. The Kier molecular flexibility index (Phi) is 4.92. The average molecular weight is 360 g/mol. The highest BCUT2D eigenvalue weighted by atomic mass is 16.6. The van der Waals surface area contributed by atoms with Gasteiger partial charge in [0.15, 0.2) is 0 Å². The summed E-state index contributed by atoms with van der Waals surface area (Å²) in [5.41, 5.74) is 8.48. The molecule has 4 heteroatoms. The molecule has 27 heavy (non-hydrogen) atoms. The van der Waals surface area contributed by atoms with Crippen LogP contribution < -0.4 is 11.1 Å². The van der Waals surface area contributed by atoms with Crippen molar-refractivity contribution in [1.82, 2.24) is 5.32 Å². The Morgan fingerprint density at radius 3 is 2.37 bits per heavy atom. The number of ether oxygens (including phenoxy) is 1. The number of nitrogens with one attached hydrogen (secondary N) is 1. The van der Waals surface area contributed by atoms with Crippen LogP contribution in [0.3, 0.4) is 0 Å². The van der Waals surface area contributed by atoms with Crippen molar-refractivity contribution in [2.75, 3.05) is 0 Å². The van der Waals surface area contributed by atoms with E-state index < -0.39 is 0 Å². The minimum Gasteiger partial charge on any atom is -0.368 e. The summed E-state index contributed by atoms with van der Waals surface area (Å²) in [5.74, 6) is -0.0768. The molecule has 1 amide bonds. The molecule has 1 saturated heterocycles. The van der Waals surface area contributed by atoms with Crippen LogP contribution in [0.4, 0.5) is 0 Å². The fourth-order valence-electron chi connectivity index (χ4n) is 3.54. The molecule has 0 saturated carbocycles. The molecule has 3 atom stereocenters. The molecule has 0 radical (unpaired) electrons. The molecule has 1 heterocycles. The first-order chi connectivity index (χ1) is 13.1. The number of amides is 1. The third kappa shape index (κ3) is 4.02. The lowest BCUT2D eigenvalue weighted by atomic mass is 9.98. The molecule has 0 bridgehead atoms. The first kappa shape index (κ1) is 17.7. The molecular weight excluding hydrogens is 336 g/mol. The lowest BCUT2D eigenvalue weighted by Gasteiger charge is -2.18. The Morgan fingerprint density at radius 1 is 1.04 bits per heavy atom. The molecule has 4 nitrogen and oxygen atoms in total. The molecule has 3 unspecified atom stereocenters. The van der Waals surface area contributed by atoms with Crippen LogP contribution in [0.5, 0.6) is 0 Å². The number of rotatable bonds is 6. The van der Waals surface area contributed by atoms with Crippen molar-refractivity contribution in [2.24, 2.45) is 5.73 Å². The van der Waals surface area contributed by atoms with Crippen LogP contribution in [0.25, 0.3) is 10.8 Å². The summed E-state index contributed by atoms with van der Waals surface area (Å²) < 4.78 is 5.68. The van der Waals surface area contributed by atoms with Crippen LogP contribution >= 0.6 is 0 Å². The summed E-state index contributed by atoms with van der Waals surface area (Å²) in [6.45, 7) is 2.51. The van der Waals surface area contributed by atoms with E-state index >= 15 is 0 Å². The smallest absolute Gasteiger partial charge is 0.251 e. The van der Waals surface area contributed by atoms with Gasteiger partial charge in [0.2, 0.25) is 0 Å². The zero-order valence-electron chi connectivity index (χ0n) is 15.4. The van der Waals surface area contributed by atoms with Crippen molar-refractivity contribution in [3.8, 4) is 0 Å². The van der Waals surface area contributed by atoms with Gasteiger partial charge in [-0.3, -0.25) is 4.79 Å². The highest BCUT2D eigenvalue weighted by Crippen LogP contribution is 2.28. The Balaban J connectivity index is 1.51. The number of hydrogen-bond donors (Lipinski definition) is 2. The Hall–Kier alpha value is -2.69. The van der Waals surface area contributed by atoms with E-state index in [9.17, 15) is 4.79 Å². The van der Waals surface area contributed by atoms with Gasteiger partial charge in [-0.25, -0.2) is 0 Å². The Labute approximate surface area is 159 Å². The van der Waals surface area contributed by atoms with Gasteiger partial charge >= 0.3 is 0 Å². The van der Waals surface area contributed by atoms with E-state index in [0.717, 1.165) is 12.0 Å². The molecule has 1 aliphatic rings. The predicted octanol–water partition coefficient (Wildman–Crippen LogP) is 3.43. The van der Waals surface area contributed by atoms with E-state index in [0.29, 0.717) is 12.1 Å². The number of fused-ring (bicyclic) bond motifs is 1. The monoisotopic (exact) mass is 360 g/mol. The van der Waals surface area contributed by atoms with E-state index in [2.05, 4.69) is 35.6 Å². The fourth-order valence-corrected chi connectivity index (χ4v) is 3.54. The maximum Gasteiger partial charge on any atom is 0.251 e. The highest BCUT2D eigenvalue weighted by Gasteiger charge is 2.42. The summed E-state index contributed by atoms with van der Waals surface area (Å²) >= 11 is 0. The summed E-state index contributed by atoms with van der Waals surface area (Å²) in [5, 5.41) is 5.60. The van der Waals surface area contributed by atoms with Crippen LogP contribution in [0.15, 0.2) is 66.7 Å². The van der Waals surface area contributed by atoms with Gasteiger partial charge in [0.05, 0.1) is 12.1 Å². The molecule has 0 spiro atoms. The fraction of sp³-hybridized carbons (Fsp3) is 0.261. The summed E-state index contributed by atoms with van der Waals surface area (Å²) in [4.78, 5) is 12.7. The maximum atomic E-state index is 12.7. The van der Waals surface area contributed by atoms with E-state index in [-0.39, 0.29) is 24.2 Å². The quantitative estimate of drug-likeness (QED) is 0.662. The third-order valence-corrected chi connectivity index (χ3v) is 5.19. The van der Waals surface area contributed by atoms with Crippen molar-refractivity contribution in [1.29, 1.82) is 0 Å². The SMILES string of the molecule is CC1OC1C(Cc1ccc2ccccc2c1)NC(=O)c1ccc(CN)cc1. The van der Waals surface area contributed by atoms with Crippen molar-refractivity contribution < 1.29 is 9.53 Å². The van der Waals surface area contributed by atoms with E-state index in [1.165, 1.54) is 16.3 Å². The van der Waals surface area contributed by atoms with Gasteiger partial charge < -0.3 is 15.8 Å². The van der Waals surface area contributed by atoms with Crippen molar-refractivity contribution in [3.63, 3.8) is 0 Å². The first-order valence-electron chi connectivity index (χ1n) is 9.37. The van der Waals surface area contributed by atoms with Crippen molar-refractivity contribution >= 4 is 16.7 Å². The first-order valence-corrected chi connectivity index (χ1v) is 9.37. The standard InChI is InChI=1S/C23H24N2O2/c1-15-22(27-15)21(25-23(26)19-10-6-16(14-24)7-11-19)13-17-8-9-18-4-2-3-5-20(18)12-17/h2-12,15,21-22H,13-14,24H2,1H3,(H,25,26). The second-order valence-electron chi connectivity index (χ2n) is 7.17. The molecule has 3 aromatic rings. The molecule has 0 aromatic heterocycles. The number of carbonyl (C=O) groups is 1. The lowest BCUT2D eigenvalue weighted by molar-refractivity contribution is 0.0929. The molecular formula is C23H24N2O2. The molecule has 3 aromatic carbocycles. The minimum absolute atomic E-state index is 0.0529. The number of nitrogens with two attached hydrogens (primary N) is 1. The van der Waals surface area contributed by atoms with Gasteiger partial charge in [-0.2, -0.15) is 0 Å². The lowest BCUT2D eigenvalue weighted by Crippen LogP contribution is -2.41. The number of epoxide rings is 1. The van der Waals surface area contributed by atoms with Gasteiger partial charge in [0.1, 0.15) is 6.10 Å². The summed E-state index contributed by atoms with van der Waals surface area (Å²) in [6, 6.07) is 22.1. The molecule has 1 aliphatic heterocycles. The number of benzene rings is 3. The second-order valence-corrected chi connectivity index (χ2v) is 7.17. The molecule has 4 rings (SSSR count). The zero-order chi connectivity index (χ0) is 18.8. The molecule has 3 N–H and O–H groups in total. The predicted molar refractivity (Wildman–Crippen MR) is 108 cm³/mol. The van der Waals surface area contributed by atoms with E-state index in [4.69, 9.17) is 10.5 Å². The van der Waals surface area contributed by atoms with Crippen molar-refractivity contribution in [2.45, 2.75) is 38.1 Å². The largest absolute Gasteiger partial charge is 0.368 e. The average Bonchev–Trinajstić information content (AvgIpc) is 3.44.